The molecule has 0 aliphatic carbocycles. The van der Waals surface area contributed by atoms with Crippen LogP contribution in [0.2, 0.25) is 5.02 Å². The SMILES string of the molecule is C=C1N[C@H](C(=O)NCC(C)=O)Cc2ccc(O)c(c2)-c2cc(ccc2O)[C@H](N(C)C(=O)[C@H](CCCCN)NC(=O)c2ccc(-c3ccc(Cl)cc3)cc2)C(=O)N[C@H]1C. The molecule has 1 aliphatic heterocycles. The van der Waals surface area contributed by atoms with Crippen LogP contribution in [-0.2, 0) is 25.6 Å². The highest BCUT2D eigenvalue weighted by Gasteiger charge is 2.35. The average molecular weight is 809 g/mol. The molecule has 4 bridgehead atoms. The summed E-state index contributed by atoms with van der Waals surface area (Å²) in [5.41, 5.74) is 9.47. The number of phenolic OH excluding ortho intramolecular Hbond substituents is 2. The molecule has 0 aromatic heterocycles. The fourth-order valence-electron chi connectivity index (χ4n) is 6.75. The summed E-state index contributed by atoms with van der Waals surface area (Å²) in [7, 11) is 1.45. The lowest BCUT2D eigenvalue weighted by atomic mass is 9.93. The molecule has 304 valence electrons. The first-order valence-electron chi connectivity index (χ1n) is 19.0. The number of halogens is 1. The minimum absolute atomic E-state index is 0.0980. The fourth-order valence-corrected chi connectivity index (χ4v) is 6.87. The van der Waals surface area contributed by atoms with E-state index < -0.39 is 47.8 Å². The summed E-state index contributed by atoms with van der Waals surface area (Å²) >= 11 is 6.04. The molecule has 1 heterocycles. The maximum absolute atomic E-state index is 14.5. The molecule has 0 unspecified atom stereocenters. The Kier molecular flexibility index (Phi) is 14.3. The van der Waals surface area contributed by atoms with Gasteiger partial charge in [0.15, 0.2) is 0 Å². The minimum Gasteiger partial charge on any atom is -0.507 e. The van der Waals surface area contributed by atoms with Crippen LogP contribution >= 0.6 is 11.6 Å². The summed E-state index contributed by atoms with van der Waals surface area (Å²) in [6, 6.07) is 19.2. The molecule has 4 aromatic rings. The number of nitrogens with one attached hydrogen (secondary N) is 4. The quantitative estimate of drug-likeness (QED) is 0.0987. The van der Waals surface area contributed by atoms with Crippen molar-refractivity contribution in [3.63, 3.8) is 0 Å². The van der Waals surface area contributed by atoms with Crippen LogP contribution < -0.4 is 27.0 Å². The first kappa shape index (κ1) is 43.0. The van der Waals surface area contributed by atoms with E-state index in [0.717, 1.165) is 11.1 Å². The molecule has 58 heavy (non-hydrogen) atoms. The zero-order valence-electron chi connectivity index (χ0n) is 32.7. The number of benzene rings is 4. The van der Waals surface area contributed by atoms with Gasteiger partial charge in [-0.2, -0.15) is 0 Å². The second-order valence-corrected chi connectivity index (χ2v) is 14.9. The predicted molar refractivity (Wildman–Crippen MR) is 223 cm³/mol. The van der Waals surface area contributed by atoms with Crippen molar-refractivity contribution < 1.29 is 34.2 Å². The molecular weight excluding hydrogens is 760 g/mol. The maximum atomic E-state index is 14.5. The lowest BCUT2D eigenvalue weighted by molar-refractivity contribution is -0.141. The largest absolute Gasteiger partial charge is 0.507 e. The van der Waals surface area contributed by atoms with E-state index in [1.54, 1.807) is 55.5 Å². The lowest BCUT2D eigenvalue weighted by Gasteiger charge is -2.33. The molecule has 1 aliphatic rings. The summed E-state index contributed by atoms with van der Waals surface area (Å²) in [5.74, 6) is -2.80. The summed E-state index contributed by atoms with van der Waals surface area (Å²) in [4.78, 5) is 68.8. The third-order valence-corrected chi connectivity index (χ3v) is 10.3. The molecule has 5 rings (SSSR count). The third-order valence-electron chi connectivity index (χ3n) is 10.1. The van der Waals surface area contributed by atoms with Gasteiger partial charge in [0, 0.05) is 40.9 Å². The molecule has 0 spiro atoms. The van der Waals surface area contributed by atoms with Gasteiger partial charge in [0.25, 0.3) is 5.91 Å². The molecule has 8 N–H and O–H groups in total. The van der Waals surface area contributed by atoms with Gasteiger partial charge >= 0.3 is 0 Å². The number of ketones is 1. The van der Waals surface area contributed by atoms with Gasteiger partial charge in [-0.05, 0) is 110 Å². The van der Waals surface area contributed by atoms with Crippen molar-refractivity contribution in [1.29, 1.82) is 0 Å². The fraction of sp³-hybridized carbons (Fsp3) is 0.295. The van der Waals surface area contributed by atoms with E-state index in [9.17, 15) is 34.2 Å². The molecule has 14 heteroatoms. The van der Waals surface area contributed by atoms with Crippen molar-refractivity contribution >= 4 is 41.0 Å². The Morgan fingerprint density at radius 1 is 0.914 bits per heavy atom. The van der Waals surface area contributed by atoms with E-state index in [0.29, 0.717) is 41.1 Å². The minimum atomic E-state index is -1.31. The number of unbranched alkanes of at least 4 members (excludes halogenated alkanes) is 1. The van der Waals surface area contributed by atoms with Crippen molar-refractivity contribution in [2.24, 2.45) is 5.73 Å². The zero-order chi connectivity index (χ0) is 42.1. The van der Waals surface area contributed by atoms with Gasteiger partial charge in [-0.1, -0.05) is 54.6 Å². The van der Waals surface area contributed by atoms with Gasteiger partial charge < -0.3 is 42.1 Å². The van der Waals surface area contributed by atoms with Gasteiger partial charge in [-0.25, -0.2) is 0 Å². The zero-order valence-corrected chi connectivity index (χ0v) is 33.4. The van der Waals surface area contributed by atoms with Crippen molar-refractivity contribution in [3.05, 3.63) is 119 Å². The number of likely N-dealkylation sites (N-methyl/N-ethyl adjacent to an activating group) is 1. The molecule has 4 aromatic carbocycles. The van der Waals surface area contributed by atoms with Crippen LogP contribution in [0.1, 0.15) is 60.6 Å². The van der Waals surface area contributed by atoms with Gasteiger partial charge in [0.2, 0.25) is 17.7 Å². The van der Waals surface area contributed by atoms with Crippen molar-refractivity contribution in [1.82, 2.24) is 26.2 Å². The standard InChI is InChI=1S/C44H49ClN6O7/c1-25(52)24-47-42(56)37-22-28-8-18-38(53)34(21-28)35-23-32(15-19-39(35)54)40(43(57)49-27(3)26(2)48-37)51(4)44(58)36(7-5-6-20-46)50-41(55)31-11-9-29(10-12-31)30-13-16-33(45)17-14-30/h8-19,21,23,27,36-37,40,48,53-54H,2,5-7,20,22,24,46H2,1,3-4H3,(H,47,56)(H,49,57)(H,50,55)/t27-,36-,37-,40-/m0/s1. The number of carbonyl (C=O) groups excluding carboxylic acids is 5. The number of amides is 4. The number of fused-ring (bicyclic) bond motifs is 5. The maximum Gasteiger partial charge on any atom is 0.251 e. The van der Waals surface area contributed by atoms with Gasteiger partial charge in [-0.3, -0.25) is 24.0 Å². The molecule has 0 radical (unpaired) electrons. The number of nitrogens with two attached hydrogens (primary N) is 1. The van der Waals surface area contributed by atoms with E-state index in [1.807, 2.05) is 12.1 Å². The Labute approximate surface area is 342 Å². The Balaban J connectivity index is 1.50. The van der Waals surface area contributed by atoms with Crippen LogP contribution in [-0.4, -0.2) is 82.8 Å². The number of hydrogen-bond acceptors (Lipinski definition) is 9. The van der Waals surface area contributed by atoms with Crippen LogP contribution in [0.3, 0.4) is 0 Å². The van der Waals surface area contributed by atoms with E-state index in [4.69, 9.17) is 17.3 Å². The smallest absolute Gasteiger partial charge is 0.251 e. The van der Waals surface area contributed by atoms with Gasteiger partial charge in [-0.15, -0.1) is 0 Å². The highest BCUT2D eigenvalue weighted by Crippen LogP contribution is 2.39. The van der Waals surface area contributed by atoms with E-state index in [1.165, 1.54) is 43.1 Å². The van der Waals surface area contributed by atoms with E-state index in [2.05, 4.69) is 27.8 Å². The summed E-state index contributed by atoms with van der Waals surface area (Å²) in [6.45, 7) is 7.28. The van der Waals surface area contributed by atoms with Crippen LogP contribution in [0.5, 0.6) is 11.5 Å². The average Bonchev–Trinajstić information content (AvgIpc) is 3.20. The van der Waals surface area contributed by atoms with Gasteiger partial charge in [0.1, 0.15) is 35.4 Å². The van der Waals surface area contributed by atoms with Crippen LogP contribution in [0.25, 0.3) is 22.3 Å². The van der Waals surface area contributed by atoms with Crippen molar-refractivity contribution in [3.8, 4) is 33.8 Å². The summed E-state index contributed by atoms with van der Waals surface area (Å²) in [5, 5.41) is 34.2. The number of carbonyl (C=O) groups is 5. The first-order chi connectivity index (χ1) is 27.7. The molecule has 0 fully saturated rings. The molecule has 0 saturated heterocycles. The van der Waals surface area contributed by atoms with Crippen LogP contribution in [0.4, 0.5) is 0 Å². The lowest BCUT2D eigenvalue weighted by Crippen LogP contribution is -2.53. The molecule has 13 nitrogen and oxygen atoms in total. The number of rotatable bonds is 12. The van der Waals surface area contributed by atoms with Crippen LogP contribution in [0, 0.1) is 0 Å². The highest BCUT2D eigenvalue weighted by molar-refractivity contribution is 6.30. The Hall–Kier alpha value is -6.18. The molecule has 4 atom stereocenters. The third kappa shape index (κ3) is 10.6. The Bertz CT molecular complexity index is 2180. The number of hydrogen-bond donors (Lipinski definition) is 7. The normalized spacial score (nSPS) is 17.2. The monoisotopic (exact) mass is 808 g/mol. The molecule has 4 amide bonds. The Morgan fingerprint density at radius 3 is 2.17 bits per heavy atom. The predicted octanol–water partition coefficient (Wildman–Crippen LogP) is 4.75. The Morgan fingerprint density at radius 2 is 1.53 bits per heavy atom. The summed E-state index contributed by atoms with van der Waals surface area (Å²) < 4.78 is 0. The molecular formula is C44H49ClN6O7. The first-order valence-corrected chi connectivity index (χ1v) is 19.4. The van der Waals surface area contributed by atoms with Crippen LogP contribution in [0.15, 0.2) is 97.2 Å². The number of phenols is 2. The number of nitrogens with zero attached hydrogens (tertiary/aromatic N) is 1. The number of Topliss-reactive ketones (excluding diaryl/α,β-unsaturated/α-hetero) is 1. The summed E-state index contributed by atoms with van der Waals surface area (Å²) in [6.07, 6.45) is 1.43. The van der Waals surface area contributed by atoms with Gasteiger partial charge in [0.05, 0.1) is 12.6 Å². The van der Waals surface area contributed by atoms with Crippen molar-refractivity contribution in [2.75, 3.05) is 20.1 Å². The van der Waals surface area contributed by atoms with Crippen molar-refractivity contribution in [2.45, 2.75) is 63.7 Å². The van der Waals surface area contributed by atoms with E-state index in [-0.39, 0.29) is 53.5 Å². The topological polar surface area (TPSA) is 203 Å². The second kappa shape index (κ2) is 19.3. The van der Waals surface area contributed by atoms with E-state index >= 15 is 0 Å². The number of aromatic hydroxyl groups is 2. The second-order valence-electron chi connectivity index (χ2n) is 14.5. The molecule has 0 saturated carbocycles. The highest BCUT2D eigenvalue weighted by atomic mass is 35.5.